The molecule has 0 saturated heterocycles. The Kier molecular flexibility index (Phi) is 6.52. The summed E-state index contributed by atoms with van der Waals surface area (Å²) in [5, 5.41) is 15.8. The zero-order valence-electron chi connectivity index (χ0n) is 16.0. The van der Waals surface area contributed by atoms with Gasteiger partial charge in [0.1, 0.15) is 6.54 Å². The number of aryl methyl sites for hydroxylation is 1. The number of tetrazole rings is 1. The number of esters is 1. The van der Waals surface area contributed by atoms with Gasteiger partial charge >= 0.3 is 5.97 Å². The van der Waals surface area contributed by atoms with Crippen LogP contribution < -0.4 is 11.1 Å². The summed E-state index contributed by atoms with van der Waals surface area (Å²) in [6, 6.07) is 8.58. The SMILES string of the molecule is CCOC(=O)Cn1nnnc1C(NC1CCC(N)CC1)c1ccccc1C. The minimum atomic E-state index is -0.349. The van der Waals surface area contributed by atoms with Crippen LogP contribution in [0.5, 0.6) is 0 Å². The quantitative estimate of drug-likeness (QED) is 0.709. The number of ether oxygens (including phenoxy) is 1. The first kappa shape index (κ1) is 19.4. The van der Waals surface area contributed by atoms with Crippen molar-refractivity contribution in [2.24, 2.45) is 5.73 Å². The van der Waals surface area contributed by atoms with E-state index in [1.165, 1.54) is 4.68 Å². The summed E-state index contributed by atoms with van der Waals surface area (Å²) in [7, 11) is 0. The predicted octanol–water partition coefficient (Wildman–Crippen LogP) is 1.49. The molecule has 1 aromatic heterocycles. The monoisotopic (exact) mass is 372 g/mol. The summed E-state index contributed by atoms with van der Waals surface area (Å²) in [4.78, 5) is 11.9. The minimum Gasteiger partial charge on any atom is -0.465 e. The number of nitrogens with two attached hydrogens (primary N) is 1. The average molecular weight is 372 g/mol. The normalized spacial score (nSPS) is 21.0. The molecule has 146 valence electrons. The Balaban J connectivity index is 1.88. The number of aromatic nitrogens is 4. The lowest BCUT2D eigenvalue weighted by atomic mass is 9.90. The lowest BCUT2D eigenvalue weighted by molar-refractivity contribution is -0.144. The molecule has 3 N–H and O–H groups in total. The van der Waals surface area contributed by atoms with Crippen LogP contribution in [-0.2, 0) is 16.1 Å². The Morgan fingerprint density at radius 2 is 2.07 bits per heavy atom. The largest absolute Gasteiger partial charge is 0.465 e. The fourth-order valence-electron chi connectivity index (χ4n) is 3.60. The molecule has 1 aliphatic carbocycles. The first-order chi connectivity index (χ1) is 13.1. The topological polar surface area (TPSA) is 108 Å². The molecule has 27 heavy (non-hydrogen) atoms. The number of carbonyl (C=O) groups is 1. The molecule has 0 amide bonds. The number of rotatable bonds is 7. The van der Waals surface area contributed by atoms with Gasteiger partial charge in [0, 0.05) is 12.1 Å². The van der Waals surface area contributed by atoms with Crippen LogP contribution in [0.4, 0.5) is 0 Å². The molecule has 0 spiro atoms. The molecule has 1 unspecified atom stereocenters. The molecule has 1 saturated carbocycles. The Morgan fingerprint density at radius 1 is 1.33 bits per heavy atom. The van der Waals surface area contributed by atoms with E-state index in [1.54, 1.807) is 6.92 Å². The lowest BCUT2D eigenvalue weighted by Crippen LogP contribution is -2.40. The van der Waals surface area contributed by atoms with Crippen LogP contribution in [0.25, 0.3) is 0 Å². The Labute approximate surface area is 159 Å². The molecule has 1 heterocycles. The van der Waals surface area contributed by atoms with Crippen molar-refractivity contribution < 1.29 is 9.53 Å². The van der Waals surface area contributed by atoms with Crippen LogP contribution in [0.2, 0.25) is 0 Å². The fourth-order valence-corrected chi connectivity index (χ4v) is 3.60. The van der Waals surface area contributed by atoms with Gasteiger partial charge in [-0.3, -0.25) is 4.79 Å². The highest BCUT2D eigenvalue weighted by Crippen LogP contribution is 2.27. The maximum Gasteiger partial charge on any atom is 0.327 e. The number of carbonyl (C=O) groups excluding carboxylic acids is 1. The van der Waals surface area contributed by atoms with Crippen molar-refractivity contribution in [2.75, 3.05) is 6.61 Å². The van der Waals surface area contributed by atoms with Crippen molar-refractivity contribution in [3.8, 4) is 0 Å². The van der Waals surface area contributed by atoms with Crippen molar-refractivity contribution in [3.05, 3.63) is 41.2 Å². The first-order valence-corrected chi connectivity index (χ1v) is 9.57. The molecule has 3 rings (SSSR count). The molecule has 1 aromatic carbocycles. The minimum absolute atomic E-state index is 0.00419. The van der Waals surface area contributed by atoms with Crippen LogP contribution in [0.3, 0.4) is 0 Å². The smallest absolute Gasteiger partial charge is 0.327 e. The number of benzene rings is 1. The van der Waals surface area contributed by atoms with Crippen LogP contribution in [0, 0.1) is 6.92 Å². The van der Waals surface area contributed by atoms with Gasteiger partial charge in [-0.25, -0.2) is 4.68 Å². The summed E-state index contributed by atoms with van der Waals surface area (Å²) in [5.74, 6) is 0.269. The molecule has 0 bridgehead atoms. The molecule has 1 fully saturated rings. The molecule has 8 nitrogen and oxygen atoms in total. The Bertz CT molecular complexity index is 754. The van der Waals surface area contributed by atoms with E-state index < -0.39 is 0 Å². The van der Waals surface area contributed by atoms with E-state index in [-0.39, 0.29) is 24.6 Å². The van der Waals surface area contributed by atoms with E-state index in [1.807, 2.05) is 12.1 Å². The summed E-state index contributed by atoms with van der Waals surface area (Å²) in [6.07, 6.45) is 4.05. The van der Waals surface area contributed by atoms with Crippen molar-refractivity contribution in [2.45, 2.75) is 64.2 Å². The standard InChI is InChI=1S/C19H28N6O2/c1-3-27-17(26)12-25-19(22-23-24-25)18(16-7-5-4-6-13(16)2)21-15-10-8-14(20)9-11-15/h4-7,14-15,18,21H,3,8-12,20H2,1-2H3. The van der Waals surface area contributed by atoms with E-state index in [0.717, 1.165) is 36.8 Å². The summed E-state index contributed by atoms with van der Waals surface area (Å²) in [6.45, 7) is 4.18. The van der Waals surface area contributed by atoms with Gasteiger partial charge in [0.25, 0.3) is 0 Å². The maximum absolute atomic E-state index is 11.9. The van der Waals surface area contributed by atoms with Crippen molar-refractivity contribution >= 4 is 5.97 Å². The lowest BCUT2D eigenvalue weighted by Gasteiger charge is -2.31. The highest BCUT2D eigenvalue weighted by atomic mass is 16.5. The number of hydrogen-bond acceptors (Lipinski definition) is 7. The van der Waals surface area contributed by atoms with Gasteiger partial charge < -0.3 is 15.8 Å². The van der Waals surface area contributed by atoms with Gasteiger partial charge in [0.15, 0.2) is 5.82 Å². The maximum atomic E-state index is 11.9. The highest BCUT2D eigenvalue weighted by Gasteiger charge is 2.28. The van der Waals surface area contributed by atoms with Crippen molar-refractivity contribution in [1.29, 1.82) is 0 Å². The molecular formula is C19H28N6O2. The van der Waals surface area contributed by atoms with Gasteiger partial charge in [0.2, 0.25) is 0 Å². The van der Waals surface area contributed by atoms with Crippen molar-refractivity contribution in [1.82, 2.24) is 25.5 Å². The number of nitrogens with zero attached hydrogens (tertiary/aromatic N) is 4. The van der Waals surface area contributed by atoms with Gasteiger partial charge in [-0.1, -0.05) is 24.3 Å². The van der Waals surface area contributed by atoms with E-state index >= 15 is 0 Å². The van der Waals surface area contributed by atoms with Crippen LogP contribution >= 0.6 is 0 Å². The zero-order chi connectivity index (χ0) is 19.2. The third-order valence-electron chi connectivity index (χ3n) is 5.08. The third-order valence-corrected chi connectivity index (χ3v) is 5.08. The number of nitrogens with one attached hydrogen (secondary N) is 1. The van der Waals surface area contributed by atoms with E-state index in [9.17, 15) is 4.79 Å². The summed E-state index contributed by atoms with van der Waals surface area (Å²) >= 11 is 0. The van der Waals surface area contributed by atoms with E-state index in [0.29, 0.717) is 18.5 Å². The van der Waals surface area contributed by atoms with Crippen LogP contribution in [0.1, 0.15) is 55.6 Å². The van der Waals surface area contributed by atoms with Crippen LogP contribution in [0.15, 0.2) is 24.3 Å². The van der Waals surface area contributed by atoms with E-state index in [2.05, 4.69) is 39.9 Å². The second kappa shape index (κ2) is 9.05. The van der Waals surface area contributed by atoms with E-state index in [4.69, 9.17) is 10.5 Å². The molecule has 0 radical (unpaired) electrons. The van der Waals surface area contributed by atoms with Gasteiger partial charge in [0.05, 0.1) is 12.6 Å². The average Bonchev–Trinajstić information content (AvgIpc) is 3.10. The summed E-state index contributed by atoms with van der Waals surface area (Å²) < 4.78 is 6.58. The van der Waals surface area contributed by atoms with Crippen LogP contribution in [-0.4, -0.2) is 44.9 Å². The Hall–Kier alpha value is -2.32. The fraction of sp³-hybridized carbons (Fsp3) is 0.579. The molecular weight excluding hydrogens is 344 g/mol. The molecule has 0 aliphatic heterocycles. The molecule has 2 aromatic rings. The van der Waals surface area contributed by atoms with Gasteiger partial charge in [-0.05, 0) is 61.1 Å². The zero-order valence-corrected chi connectivity index (χ0v) is 16.0. The molecule has 8 heteroatoms. The predicted molar refractivity (Wildman–Crippen MR) is 101 cm³/mol. The number of hydrogen-bond donors (Lipinski definition) is 2. The van der Waals surface area contributed by atoms with Gasteiger partial charge in [-0.2, -0.15) is 0 Å². The molecule has 1 atom stereocenters. The second-order valence-corrected chi connectivity index (χ2v) is 7.07. The third kappa shape index (κ3) is 4.90. The second-order valence-electron chi connectivity index (χ2n) is 7.07. The highest BCUT2D eigenvalue weighted by molar-refractivity contribution is 5.69. The summed E-state index contributed by atoms with van der Waals surface area (Å²) in [5.41, 5.74) is 8.30. The Morgan fingerprint density at radius 3 is 2.78 bits per heavy atom. The van der Waals surface area contributed by atoms with Crippen molar-refractivity contribution in [3.63, 3.8) is 0 Å². The van der Waals surface area contributed by atoms with Gasteiger partial charge in [-0.15, -0.1) is 5.10 Å². The molecule has 1 aliphatic rings. The first-order valence-electron chi connectivity index (χ1n) is 9.57.